The molecule has 1 aliphatic rings. The lowest BCUT2D eigenvalue weighted by atomic mass is 10.6. The minimum atomic E-state index is 0.345. The van der Waals surface area contributed by atoms with E-state index in [9.17, 15) is 0 Å². The number of rotatable bonds is 6. The summed E-state index contributed by atoms with van der Waals surface area (Å²) in [5.74, 6) is 0.562. The van der Waals surface area contributed by atoms with E-state index in [1.165, 1.54) is 11.8 Å². The summed E-state index contributed by atoms with van der Waals surface area (Å²) in [6.45, 7) is 2.88. The third kappa shape index (κ3) is 3.25. The van der Waals surface area contributed by atoms with E-state index in [2.05, 4.69) is 25.5 Å². The molecule has 2 aromatic heterocycles. The second-order valence-electron chi connectivity index (χ2n) is 4.32. The summed E-state index contributed by atoms with van der Waals surface area (Å²) in [6, 6.07) is 2.13. The van der Waals surface area contributed by atoms with Crippen LogP contribution < -0.4 is 0 Å². The average Bonchev–Trinajstić information content (AvgIpc) is 3.17. The van der Waals surface area contributed by atoms with Crippen LogP contribution in [-0.4, -0.2) is 36.8 Å². The van der Waals surface area contributed by atoms with Gasteiger partial charge in [-0.2, -0.15) is 0 Å². The van der Waals surface area contributed by atoms with Gasteiger partial charge in [-0.1, -0.05) is 11.6 Å². The van der Waals surface area contributed by atoms with Crippen LogP contribution in [0.1, 0.15) is 31.6 Å². The Morgan fingerprint density at radius 2 is 2.30 bits per heavy atom. The summed E-state index contributed by atoms with van der Waals surface area (Å²) >= 11 is 7.39. The molecule has 3 rings (SSSR count). The van der Waals surface area contributed by atoms with E-state index in [4.69, 9.17) is 16.3 Å². The third-order valence-electron chi connectivity index (χ3n) is 2.70. The SMILES string of the molecule is CCOCc1nc(Cl)cc(Sc2nnnn2C2CC2)n1. The molecule has 0 bridgehead atoms. The Hall–Kier alpha value is -1.25. The molecule has 2 heterocycles. The highest BCUT2D eigenvalue weighted by atomic mass is 35.5. The van der Waals surface area contributed by atoms with Crippen LogP contribution in [0.2, 0.25) is 5.15 Å². The molecule has 0 saturated heterocycles. The molecule has 0 atom stereocenters. The first-order valence-electron chi connectivity index (χ1n) is 6.33. The van der Waals surface area contributed by atoms with Crippen LogP contribution in [0.4, 0.5) is 0 Å². The number of halogens is 1. The van der Waals surface area contributed by atoms with Crippen LogP contribution in [0.3, 0.4) is 0 Å². The van der Waals surface area contributed by atoms with Gasteiger partial charge in [0.1, 0.15) is 16.8 Å². The van der Waals surface area contributed by atoms with Gasteiger partial charge in [0.2, 0.25) is 5.16 Å². The van der Waals surface area contributed by atoms with Crippen LogP contribution in [0, 0.1) is 0 Å². The van der Waals surface area contributed by atoms with Gasteiger partial charge in [0, 0.05) is 12.7 Å². The Morgan fingerprint density at radius 3 is 3.05 bits per heavy atom. The molecule has 1 fully saturated rings. The summed E-state index contributed by atoms with van der Waals surface area (Å²) < 4.78 is 7.13. The van der Waals surface area contributed by atoms with Gasteiger partial charge in [0.05, 0.1) is 6.04 Å². The fourth-order valence-corrected chi connectivity index (χ4v) is 2.78. The normalized spacial score (nSPS) is 14.7. The monoisotopic (exact) mass is 312 g/mol. The molecule has 0 spiro atoms. The molecule has 9 heteroatoms. The predicted molar refractivity (Wildman–Crippen MR) is 72.6 cm³/mol. The third-order valence-corrected chi connectivity index (χ3v) is 3.77. The minimum absolute atomic E-state index is 0.345. The highest BCUT2D eigenvalue weighted by Gasteiger charge is 2.28. The van der Waals surface area contributed by atoms with Crippen molar-refractivity contribution in [3.63, 3.8) is 0 Å². The molecule has 0 aliphatic heterocycles. The predicted octanol–water partition coefficient (Wildman–Crippen LogP) is 2.14. The topological polar surface area (TPSA) is 78.6 Å². The Labute approximate surface area is 125 Å². The molecule has 0 unspecified atom stereocenters. The van der Waals surface area contributed by atoms with Crippen molar-refractivity contribution in [2.75, 3.05) is 6.61 Å². The number of aromatic nitrogens is 6. The van der Waals surface area contributed by atoms with Crippen molar-refractivity contribution >= 4 is 23.4 Å². The van der Waals surface area contributed by atoms with E-state index in [0.717, 1.165) is 23.0 Å². The van der Waals surface area contributed by atoms with E-state index in [1.54, 1.807) is 6.07 Å². The zero-order chi connectivity index (χ0) is 13.9. The number of hydrogen-bond donors (Lipinski definition) is 0. The average molecular weight is 313 g/mol. The molecule has 0 radical (unpaired) electrons. The molecule has 1 saturated carbocycles. The Bertz CT molecular complexity index is 602. The maximum atomic E-state index is 6.01. The molecule has 20 heavy (non-hydrogen) atoms. The maximum absolute atomic E-state index is 6.01. The summed E-state index contributed by atoms with van der Waals surface area (Å²) in [5, 5.41) is 13.6. The van der Waals surface area contributed by atoms with Gasteiger partial charge in [0.25, 0.3) is 0 Å². The number of hydrogen-bond acceptors (Lipinski definition) is 7. The molecule has 0 N–H and O–H groups in total. The molecule has 0 aromatic carbocycles. The summed E-state index contributed by atoms with van der Waals surface area (Å²) in [7, 11) is 0. The van der Waals surface area contributed by atoms with Crippen molar-refractivity contribution in [3.8, 4) is 0 Å². The largest absolute Gasteiger partial charge is 0.374 e. The highest BCUT2D eigenvalue weighted by Crippen LogP contribution is 2.37. The lowest BCUT2D eigenvalue weighted by molar-refractivity contribution is 0.128. The second-order valence-corrected chi connectivity index (χ2v) is 5.70. The smallest absolute Gasteiger partial charge is 0.215 e. The fourth-order valence-electron chi connectivity index (χ4n) is 1.65. The van der Waals surface area contributed by atoms with Gasteiger partial charge in [-0.3, -0.25) is 0 Å². The van der Waals surface area contributed by atoms with Crippen LogP contribution in [-0.2, 0) is 11.3 Å². The lowest BCUT2D eigenvalue weighted by Gasteiger charge is -2.05. The molecule has 2 aromatic rings. The highest BCUT2D eigenvalue weighted by molar-refractivity contribution is 7.99. The van der Waals surface area contributed by atoms with Gasteiger partial charge >= 0.3 is 0 Å². The summed E-state index contributed by atoms with van der Waals surface area (Å²) in [6.07, 6.45) is 2.25. The summed E-state index contributed by atoms with van der Waals surface area (Å²) in [5.41, 5.74) is 0. The first-order valence-corrected chi connectivity index (χ1v) is 7.52. The zero-order valence-corrected chi connectivity index (χ0v) is 12.4. The fraction of sp³-hybridized carbons (Fsp3) is 0.545. The quantitative estimate of drug-likeness (QED) is 0.756. The van der Waals surface area contributed by atoms with E-state index >= 15 is 0 Å². The van der Waals surface area contributed by atoms with E-state index in [-0.39, 0.29) is 0 Å². The first-order chi connectivity index (χ1) is 9.76. The van der Waals surface area contributed by atoms with E-state index in [0.29, 0.717) is 30.2 Å². The number of nitrogens with zero attached hydrogens (tertiary/aromatic N) is 6. The zero-order valence-electron chi connectivity index (χ0n) is 10.9. The van der Waals surface area contributed by atoms with Crippen molar-refractivity contribution in [1.29, 1.82) is 0 Å². The Kier molecular flexibility index (Phi) is 4.13. The first kappa shape index (κ1) is 13.7. The molecule has 1 aliphatic carbocycles. The molecule has 0 amide bonds. The lowest BCUT2D eigenvalue weighted by Crippen LogP contribution is -2.02. The Balaban J connectivity index is 1.79. The molecule has 7 nitrogen and oxygen atoms in total. The minimum Gasteiger partial charge on any atom is -0.374 e. The van der Waals surface area contributed by atoms with E-state index < -0.39 is 0 Å². The van der Waals surface area contributed by atoms with Crippen molar-refractivity contribution in [1.82, 2.24) is 30.2 Å². The van der Waals surface area contributed by atoms with Crippen molar-refractivity contribution in [2.24, 2.45) is 0 Å². The maximum Gasteiger partial charge on any atom is 0.215 e. The van der Waals surface area contributed by atoms with Gasteiger partial charge in [-0.15, -0.1) is 5.10 Å². The van der Waals surface area contributed by atoms with Crippen LogP contribution in [0.25, 0.3) is 0 Å². The molecular formula is C11H13ClN6OS. The van der Waals surface area contributed by atoms with Crippen molar-refractivity contribution in [3.05, 3.63) is 17.0 Å². The van der Waals surface area contributed by atoms with Gasteiger partial charge in [0.15, 0.2) is 5.82 Å². The van der Waals surface area contributed by atoms with Gasteiger partial charge < -0.3 is 4.74 Å². The van der Waals surface area contributed by atoms with Crippen molar-refractivity contribution in [2.45, 2.75) is 42.6 Å². The standard InChI is InChI=1S/C11H13ClN6OS/c1-2-19-6-9-13-8(12)5-10(14-9)20-11-15-16-17-18(11)7-3-4-7/h5,7H,2-4,6H2,1H3. The number of ether oxygens (including phenoxy) is 1. The van der Waals surface area contributed by atoms with Crippen LogP contribution >= 0.6 is 23.4 Å². The Morgan fingerprint density at radius 1 is 1.45 bits per heavy atom. The summed E-state index contributed by atoms with van der Waals surface area (Å²) in [4.78, 5) is 8.53. The van der Waals surface area contributed by atoms with Crippen molar-refractivity contribution < 1.29 is 4.74 Å². The number of tetrazole rings is 1. The van der Waals surface area contributed by atoms with Gasteiger partial charge in [-0.05, 0) is 42.0 Å². The van der Waals surface area contributed by atoms with E-state index in [1.807, 2.05) is 11.6 Å². The van der Waals surface area contributed by atoms with Crippen LogP contribution in [0.5, 0.6) is 0 Å². The van der Waals surface area contributed by atoms with Gasteiger partial charge in [-0.25, -0.2) is 14.6 Å². The molecular weight excluding hydrogens is 300 g/mol. The second kappa shape index (κ2) is 6.02. The van der Waals surface area contributed by atoms with Crippen LogP contribution in [0.15, 0.2) is 16.2 Å². The molecule has 106 valence electrons.